The molecule has 0 unspecified atom stereocenters. The van der Waals surface area contributed by atoms with Gasteiger partial charge in [-0.25, -0.2) is 0 Å². The van der Waals surface area contributed by atoms with Gasteiger partial charge in [0, 0.05) is 11.1 Å². The van der Waals surface area contributed by atoms with Crippen LogP contribution in [0.4, 0.5) is 0 Å². The van der Waals surface area contributed by atoms with Crippen molar-refractivity contribution in [1.82, 2.24) is 0 Å². The minimum Gasteiger partial charge on any atom is -0.496 e. The Balaban J connectivity index is 1.93. The summed E-state index contributed by atoms with van der Waals surface area (Å²) in [5.74, 6) is 1.44. The molecule has 0 fully saturated rings. The highest BCUT2D eigenvalue weighted by molar-refractivity contribution is 5.76. The molecular formula is C21H17NO2. The number of ether oxygens (including phenoxy) is 2. The van der Waals surface area contributed by atoms with Crippen LogP contribution in [0.3, 0.4) is 0 Å². The first-order chi connectivity index (χ1) is 11.8. The fourth-order valence-corrected chi connectivity index (χ4v) is 2.53. The summed E-state index contributed by atoms with van der Waals surface area (Å²) in [7, 11) is 1.60. The van der Waals surface area contributed by atoms with Gasteiger partial charge in [0.2, 0.25) is 0 Å². The van der Waals surface area contributed by atoms with Crippen molar-refractivity contribution in [3.8, 4) is 28.7 Å². The van der Waals surface area contributed by atoms with E-state index in [-0.39, 0.29) is 0 Å². The van der Waals surface area contributed by atoms with Gasteiger partial charge in [-0.2, -0.15) is 5.26 Å². The van der Waals surface area contributed by atoms with Gasteiger partial charge in [-0.1, -0.05) is 48.5 Å². The molecule has 0 bridgehead atoms. The highest BCUT2D eigenvalue weighted by Gasteiger charge is 2.12. The van der Waals surface area contributed by atoms with Gasteiger partial charge in [0.15, 0.2) is 0 Å². The lowest BCUT2D eigenvalue weighted by molar-refractivity contribution is 0.307. The summed E-state index contributed by atoms with van der Waals surface area (Å²) in [6.07, 6.45) is 0. The maximum Gasteiger partial charge on any atom is 0.128 e. The largest absolute Gasteiger partial charge is 0.496 e. The lowest BCUT2D eigenvalue weighted by Crippen LogP contribution is -1.97. The van der Waals surface area contributed by atoms with E-state index in [2.05, 4.69) is 6.07 Å². The summed E-state index contributed by atoms with van der Waals surface area (Å²) in [6.45, 7) is 0.496. The van der Waals surface area contributed by atoms with Crippen molar-refractivity contribution in [2.45, 2.75) is 6.61 Å². The predicted molar refractivity (Wildman–Crippen MR) is 93.9 cm³/mol. The number of para-hydroxylation sites is 1. The second-order valence-corrected chi connectivity index (χ2v) is 5.30. The first kappa shape index (κ1) is 15.6. The highest BCUT2D eigenvalue weighted by atomic mass is 16.5. The molecule has 0 saturated heterocycles. The number of nitrogens with zero attached hydrogens (tertiary/aromatic N) is 1. The third-order valence-electron chi connectivity index (χ3n) is 3.75. The van der Waals surface area contributed by atoms with Crippen LogP contribution in [0.1, 0.15) is 11.1 Å². The van der Waals surface area contributed by atoms with Crippen LogP contribution in [0.15, 0.2) is 72.8 Å². The zero-order valence-corrected chi connectivity index (χ0v) is 13.4. The van der Waals surface area contributed by atoms with E-state index in [0.29, 0.717) is 17.9 Å². The zero-order valence-electron chi connectivity index (χ0n) is 13.4. The summed E-state index contributed by atoms with van der Waals surface area (Å²) in [5, 5.41) is 9.05. The molecule has 0 aromatic heterocycles. The van der Waals surface area contributed by atoms with Crippen LogP contribution in [0.2, 0.25) is 0 Å². The standard InChI is InChI=1S/C21H17NO2/c1-23-21-13-17(14-22)11-12-19(21)18-9-5-6-10-20(18)24-15-16-7-3-2-4-8-16/h2-13H,15H2,1H3. The summed E-state index contributed by atoms with van der Waals surface area (Å²) < 4.78 is 11.5. The van der Waals surface area contributed by atoms with Crippen LogP contribution in [0.5, 0.6) is 11.5 Å². The topological polar surface area (TPSA) is 42.2 Å². The fourth-order valence-electron chi connectivity index (χ4n) is 2.53. The van der Waals surface area contributed by atoms with Gasteiger partial charge in [-0.15, -0.1) is 0 Å². The molecule has 3 aromatic carbocycles. The number of hydrogen-bond donors (Lipinski definition) is 0. The summed E-state index contributed by atoms with van der Waals surface area (Å²) in [6, 6.07) is 25.4. The molecule has 24 heavy (non-hydrogen) atoms. The normalized spacial score (nSPS) is 10.0. The van der Waals surface area contributed by atoms with Gasteiger partial charge in [0.1, 0.15) is 18.1 Å². The Morgan fingerprint density at radius 1 is 0.833 bits per heavy atom. The number of methoxy groups -OCH3 is 1. The molecule has 118 valence electrons. The van der Waals surface area contributed by atoms with E-state index in [4.69, 9.17) is 14.7 Å². The maximum atomic E-state index is 9.05. The average Bonchev–Trinajstić information content (AvgIpc) is 2.67. The Kier molecular flexibility index (Phi) is 4.78. The van der Waals surface area contributed by atoms with Crippen LogP contribution in [-0.2, 0) is 6.61 Å². The lowest BCUT2D eigenvalue weighted by Gasteiger charge is -2.14. The van der Waals surface area contributed by atoms with Crippen molar-refractivity contribution in [3.63, 3.8) is 0 Å². The molecule has 3 heteroatoms. The Morgan fingerprint density at radius 3 is 2.29 bits per heavy atom. The molecule has 0 aliphatic heterocycles. The molecule has 3 nitrogen and oxygen atoms in total. The Morgan fingerprint density at radius 2 is 1.54 bits per heavy atom. The Bertz CT molecular complexity index is 867. The van der Waals surface area contributed by atoms with Crippen molar-refractivity contribution in [2.75, 3.05) is 7.11 Å². The van der Waals surface area contributed by atoms with E-state index in [1.807, 2.05) is 60.7 Å². The van der Waals surface area contributed by atoms with Crippen molar-refractivity contribution in [3.05, 3.63) is 83.9 Å². The number of rotatable bonds is 5. The molecule has 0 amide bonds. The number of nitriles is 1. The minimum absolute atomic E-state index is 0.496. The van der Waals surface area contributed by atoms with Gasteiger partial charge in [-0.05, 0) is 29.8 Å². The van der Waals surface area contributed by atoms with Crippen molar-refractivity contribution >= 4 is 0 Å². The predicted octanol–water partition coefficient (Wildman–Crippen LogP) is 4.81. The third kappa shape index (κ3) is 3.39. The van der Waals surface area contributed by atoms with E-state index in [1.165, 1.54) is 0 Å². The lowest BCUT2D eigenvalue weighted by atomic mass is 10.0. The van der Waals surface area contributed by atoms with E-state index in [0.717, 1.165) is 22.4 Å². The number of benzene rings is 3. The first-order valence-electron chi connectivity index (χ1n) is 7.66. The molecule has 0 spiro atoms. The molecule has 0 atom stereocenters. The third-order valence-corrected chi connectivity index (χ3v) is 3.75. The fraction of sp³-hybridized carbons (Fsp3) is 0.0952. The molecular weight excluding hydrogens is 298 g/mol. The van der Waals surface area contributed by atoms with Crippen LogP contribution in [0, 0.1) is 11.3 Å². The summed E-state index contributed by atoms with van der Waals surface area (Å²) in [5.41, 5.74) is 3.52. The van der Waals surface area contributed by atoms with Crippen LogP contribution >= 0.6 is 0 Å². The molecule has 0 aliphatic carbocycles. The molecule has 0 saturated carbocycles. The Labute approximate surface area is 141 Å². The first-order valence-corrected chi connectivity index (χ1v) is 7.66. The smallest absolute Gasteiger partial charge is 0.128 e. The van der Waals surface area contributed by atoms with E-state index < -0.39 is 0 Å². The molecule has 0 aliphatic rings. The quantitative estimate of drug-likeness (QED) is 0.678. The van der Waals surface area contributed by atoms with Gasteiger partial charge in [0.05, 0.1) is 18.7 Å². The Hall–Kier alpha value is -3.25. The highest BCUT2D eigenvalue weighted by Crippen LogP contribution is 2.37. The molecule has 0 N–H and O–H groups in total. The zero-order chi connectivity index (χ0) is 16.8. The van der Waals surface area contributed by atoms with E-state index >= 15 is 0 Å². The van der Waals surface area contributed by atoms with Crippen molar-refractivity contribution in [2.24, 2.45) is 0 Å². The van der Waals surface area contributed by atoms with E-state index in [9.17, 15) is 0 Å². The maximum absolute atomic E-state index is 9.05. The molecule has 3 rings (SSSR count). The summed E-state index contributed by atoms with van der Waals surface area (Å²) in [4.78, 5) is 0. The average molecular weight is 315 g/mol. The van der Waals surface area contributed by atoms with Crippen molar-refractivity contribution in [1.29, 1.82) is 5.26 Å². The minimum atomic E-state index is 0.496. The second-order valence-electron chi connectivity index (χ2n) is 5.30. The molecule has 0 radical (unpaired) electrons. The van der Waals surface area contributed by atoms with Gasteiger partial charge < -0.3 is 9.47 Å². The van der Waals surface area contributed by atoms with Crippen LogP contribution in [0.25, 0.3) is 11.1 Å². The van der Waals surface area contributed by atoms with Crippen LogP contribution < -0.4 is 9.47 Å². The molecule has 0 heterocycles. The molecule has 3 aromatic rings. The monoisotopic (exact) mass is 315 g/mol. The second kappa shape index (κ2) is 7.34. The SMILES string of the molecule is COc1cc(C#N)ccc1-c1ccccc1OCc1ccccc1. The van der Waals surface area contributed by atoms with Gasteiger partial charge in [0.25, 0.3) is 0 Å². The van der Waals surface area contributed by atoms with Crippen molar-refractivity contribution < 1.29 is 9.47 Å². The summed E-state index contributed by atoms with van der Waals surface area (Å²) >= 11 is 0. The van der Waals surface area contributed by atoms with Gasteiger partial charge in [-0.3, -0.25) is 0 Å². The van der Waals surface area contributed by atoms with Gasteiger partial charge >= 0.3 is 0 Å². The number of hydrogen-bond acceptors (Lipinski definition) is 3. The van der Waals surface area contributed by atoms with Crippen LogP contribution in [-0.4, -0.2) is 7.11 Å². The van der Waals surface area contributed by atoms with E-state index in [1.54, 1.807) is 19.2 Å².